The molecule has 0 aliphatic heterocycles. The predicted molar refractivity (Wildman–Crippen MR) is 110 cm³/mol. The highest BCUT2D eigenvalue weighted by molar-refractivity contribution is 9.10. The van der Waals surface area contributed by atoms with Crippen LogP contribution in [0.2, 0.25) is 0 Å². The minimum atomic E-state index is -3.95. The Hall–Kier alpha value is -2.64. The third kappa shape index (κ3) is 4.75. The first-order valence-electron chi connectivity index (χ1n) is 8.00. The van der Waals surface area contributed by atoms with E-state index in [1.165, 1.54) is 18.2 Å². The number of aliphatic imine (C=N–C) groups is 1. The maximum atomic E-state index is 12.7. The Bertz CT molecular complexity index is 1100. The lowest BCUT2D eigenvalue weighted by atomic mass is 10.1. The zero-order valence-corrected chi connectivity index (χ0v) is 16.7. The molecule has 2 aromatic rings. The molecule has 0 saturated carbocycles. The summed E-state index contributed by atoms with van der Waals surface area (Å²) in [6.07, 6.45) is 4.55. The molecule has 2 aromatic carbocycles. The first-order valence-corrected chi connectivity index (χ1v) is 10.2. The molecule has 7 heteroatoms. The fourth-order valence-electron chi connectivity index (χ4n) is 2.32. The van der Waals surface area contributed by atoms with Crippen molar-refractivity contribution in [1.29, 1.82) is 0 Å². The summed E-state index contributed by atoms with van der Waals surface area (Å²) in [6, 6.07) is 15.1. The van der Waals surface area contributed by atoms with Gasteiger partial charge in [0.25, 0.3) is 10.0 Å². The number of nitrogens with zero attached hydrogens (tertiary/aromatic N) is 2. The lowest BCUT2D eigenvalue weighted by Crippen LogP contribution is -2.10. The number of ketones is 1. The second kappa shape index (κ2) is 7.94. The van der Waals surface area contributed by atoms with Crippen LogP contribution in [0.5, 0.6) is 0 Å². The van der Waals surface area contributed by atoms with Crippen molar-refractivity contribution in [2.45, 2.75) is 11.8 Å². The summed E-state index contributed by atoms with van der Waals surface area (Å²) in [7, 11) is -3.95. The highest BCUT2D eigenvalue weighted by Crippen LogP contribution is 2.18. The summed E-state index contributed by atoms with van der Waals surface area (Å²) in [6.45, 7) is 1.68. The molecular formula is C20H15BrN2O3S. The molecule has 5 nitrogen and oxygen atoms in total. The van der Waals surface area contributed by atoms with Gasteiger partial charge in [0.15, 0.2) is 11.6 Å². The molecule has 0 spiro atoms. The van der Waals surface area contributed by atoms with E-state index >= 15 is 0 Å². The Labute approximate surface area is 166 Å². The Kier molecular flexibility index (Phi) is 5.62. The fourth-order valence-corrected chi connectivity index (χ4v) is 3.55. The molecule has 1 aliphatic carbocycles. The van der Waals surface area contributed by atoms with E-state index in [4.69, 9.17) is 0 Å². The van der Waals surface area contributed by atoms with Crippen LogP contribution in [0, 0.1) is 0 Å². The van der Waals surface area contributed by atoms with Crippen LogP contribution in [0.4, 0.5) is 0 Å². The molecule has 1 aliphatic rings. The van der Waals surface area contributed by atoms with Gasteiger partial charge >= 0.3 is 0 Å². The third-order valence-corrected chi connectivity index (χ3v) is 5.55. The van der Waals surface area contributed by atoms with Crippen molar-refractivity contribution in [2.75, 3.05) is 0 Å². The van der Waals surface area contributed by atoms with Gasteiger partial charge in [0.1, 0.15) is 0 Å². The summed E-state index contributed by atoms with van der Waals surface area (Å²) in [5, 5.41) is 0. The van der Waals surface area contributed by atoms with Crippen LogP contribution in [0.15, 0.2) is 97.2 Å². The van der Waals surface area contributed by atoms with Gasteiger partial charge in [0.05, 0.1) is 10.6 Å². The van der Waals surface area contributed by atoms with E-state index in [1.54, 1.807) is 55.5 Å². The highest BCUT2D eigenvalue weighted by atomic mass is 79.9. The van der Waals surface area contributed by atoms with Crippen LogP contribution >= 0.6 is 15.9 Å². The monoisotopic (exact) mass is 442 g/mol. The maximum Gasteiger partial charge on any atom is 0.284 e. The molecule has 3 rings (SSSR count). The number of benzene rings is 2. The molecule has 0 radical (unpaired) electrons. The minimum Gasteiger partial charge on any atom is -0.290 e. The number of carbonyl (C=O) groups excluding carboxylic acids is 1. The summed E-state index contributed by atoms with van der Waals surface area (Å²) in [4.78, 5) is 16.0. The average Bonchev–Trinajstić information content (AvgIpc) is 2.65. The summed E-state index contributed by atoms with van der Waals surface area (Å²) in [5.41, 5.74) is 1.54. The van der Waals surface area contributed by atoms with Crippen LogP contribution in [-0.4, -0.2) is 25.7 Å². The van der Waals surface area contributed by atoms with Crippen molar-refractivity contribution in [3.63, 3.8) is 0 Å². The minimum absolute atomic E-state index is 0.0524. The van der Waals surface area contributed by atoms with E-state index in [9.17, 15) is 13.2 Å². The lowest BCUT2D eigenvalue weighted by Gasteiger charge is -2.07. The van der Waals surface area contributed by atoms with Crippen LogP contribution in [-0.2, 0) is 14.8 Å². The third-order valence-electron chi connectivity index (χ3n) is 3.74. The van der Waals surface area contributed by atoms with Gasteiger partial charge in [-0.15, -0.1) is 4.40 Å². The SMILES string of the molecule is CC1=CC(=NC(=NS(=O)(=O)c2ccc(Br)cc2)c2ccccc2)C=CC1=O. The van der Waals surface area contributed by atoms with Crippen LogP contribution in [0.1, 0.15) is 12.5 Å². The second-order valence-electron chi connectivity index (χ2n) is 5.77. The summed E-state index contributed by atoms with van der Waals surface area (Å²) in [5.74, 6) is -0.0498. The van der Waals surface area contributed by atoms with Crippen molar-refractivity contribution in [1.82, 2.24) is 0 Å². The van der Waals surface area contributed by atoms with Gasteiger partial charge in [-0.3, -0.25) is 4.79 Å². The van der Waals surface area contributed by atoms with Crippen molar-refractivity contribution in [2.24, 2.45) is 9.39 Å². The van der Waals surface area contributed by atoms with E-state index in [0.29, 0.717) is 16.8 Å². The number of amidine groups is 1. The standard InChI is InChI=1S/C20H15BrN2O3S/c1-14-13-17(9-12-19(14)24)22-20(15-5-3-2-4-6-15)23-27(25,26)18-10-7-16(21)8-11-18/h2-13H,1H3. The Balaban J connectivity index is 2.11. The smallest absolute Gasteiger partial charge is 0.284 e. The van der Waals surface area contributed by atoms with Crippen LogP contribution < -0.4 is 0 Å². The Morgan fingerprint density at radius 1 is 0.963 bits per heavy atom. The first kappa shape index (κ1) is 19.1. The van der Waals surface area contributed by atoms with E-state index in [2.05, 4.69) is 25.3 Å². The Morgan fingerprint density at radius 3 is 2.26 bits per heavy atom. The molecule has 0 heterocycles. The van der Waals surface area contributed by atoms with E-state index < -0.39 is 10.0 Å². The summed E-state index contributed by atoms with van der Waals surface area (Å²) >= 11 is 3.28. The predicted octanol–water partition coefficient (Wildman–Crippen LogP) is 4.11. The Morgan fingerprint density at radius 2 is 1.63 bits per heavy atom. The van der Waals surface area contributed by atoms with Gasteiger partial charge in [0, 0.05) is 10.0 Å². The molecule has 0 amide bonds. The van der Waals surface area contributed by atoms with Gasteiger partial charge in [-0.1, -0.05) is 46.3 Å². The molecule has 0 aromatic heterocycles. The van der Waals surface area contributed by atoms with E-state index in [0.717, 1.165) is 4.47 Å². The van der Waals surface area contributed by atoms with E-state index in [1.807, 2.05) is 6.07 Å². The zero-order valence-electron chi connectivity index (χ0n) is 14.3. The molecular weight excluding hydrogens is 428 g/mol. The molecule has 0 unspecified atom stereocenters. The quantitative estimate of drug-likeness (QED) is 0.407. The van der Waals surface area contributed by atoms with Crippen LogP contribution in [0.25, 0.3) is 0 Å². The molecule has 0 atom stereocenters. The van der Waals surface area contributed by atoms with Gasteiger partial charge < -0.3 is 0 Å². The molecule has 136 valence electrons. The fraction of sp³-hybridized carbons (Fsp3) is 0.0500. The normalized spacial score (nSPS) is 16.5. The summed E-state index contributed by atoms with van der Waals surface area (Å²) < 4.78 is 30.2. The van der Waals surface area contributed by atoms with Crippen molar-refractivity contribution < 1.29 is 13.2 Å². The van der Waals surface area contributed by atoms with Gasteiger partial charge in [-0.25, -0.2) is 4.99 Å². The maximum absolute atomic E-state index is 12.7. The van der Waals surface area contributed by atoms with Gasteiger partial charge in [-0.2, -0.15) is 8.42 Å². The molecule has 0 saturated heterocycles. The first-order chi connectivity index (χ1) is 12.8. The largest absolute Gasteiger partial charge is 0.290 e. The van der Waals surface area contributed by atoms with Gasteiger partial charge in [0.2, 0.25) is 0 Å². The molecule has 27 heavy (non-hydrogen) atoms. The topological polar surface area (TPSA) is 75.9 Å². The number of carbonyl (C=O) groups is 1. The highest BCUT2D eigenvalue weighted by Gasteiger charge is 2.16. The average molecular weight is 443 g/mol. The van der Waals surface area contributed by atoms with Crippen molar-refractivity contribution >= 4 is 43.3 Å². The van der Waals surface area contributed by atoms with Crippen molar-refractivity contribution in [3.05, 3.63) is 88.4 Å². The molecule has 0 bridgehead atoms. The zero-order chi connectivity index (χ0) is 19.4. The second-order valence-corrected chi connectivity index (χ2v) is 8.29. The van der Waals surface area contributed by atoms with E-state index in [-0.39, 0.29) is 16.5 Å². The number of allylic oxidation sites excluding steroid dienone is 4. The number of halogens is 1. The molecule has 0 fully saturated rings. The number of hydrogen-bond donors (Lipinski definition) is 0. The number of rotatable bonds is 3. The lowest BCUT2D eigenvalue weighted by molar-refractivity contribution is -0.111. The number of sulfonamides is 1. The molecule has 0 N–H and O–H groups in total. The van der Waals surface area contributed by atoms with Gasteiger partial charge in [-0.05, 0) is 55.0 Å². The number of hydrogen-bond acceptors (Lipinski definition) is 3. The van der Waals surface area contributed by atoms with Crippen LogP contribution in [0.3, 0.4) is 0 Å². The van der Waals surface area contributed by atoms with Crippen molar-refractivity contribution in [3.8, 4) is 0 Å².